The lowest BCUT2D eigenvalue weighted by molar-refractivity contribution is -0.116. The van der Waals surface area contributed by atoms with E-state index in [1.165, 1.54) is 6.20 Å². The molecule has 4 nitrogen and oxygen atoms in total. The number of amides is 1. The summed E-state index contributed by atoms with van der Waals surface area (Å²) in [6.07, 6.45) is 1.95. The molecule has 2 N–H and O–H groups in total. The van der Waals surface area contributed by atoms with Crippen LogP contribution in [-0.2, 0) is 4.79 Å². The highest BCUT2D eigenvalue weighted by Crippen LogP contribution is 2.22. The lowest BCUT2D eigenvalue weighted by Crippen LogP contribution is -2.18. The van der Waals surface area contributed by atoms with Crippen LogP contribution in [0.2, 0.25) is 5.15 Å². The highest BCUT2D eigenvalue weighted by Gasteiger charge is 2.04. The molecule has 0 aliphatic rings. The highest BCUT2D eigenvalue weighted by atomic mass is 79.9. The monoisotopic (exact) mass is 291 g/mol. The average molecular weight is 293 g/mol. The highest BCUT2D eigenvalue weighted by molar-refractivity contribution is 9.10. The molecular weight excluding hydrogens is 281 g/mol. The van der Waals surface area contributed by atoms with Crippen LogP contribution in [0.5, 0.6) is 0 Å². The van der Waals surface area contributed by atoms with Gasteiger partial charge in [0.15, 0.2) is 0 Å². The Hall–Kier alpha value is -0.650. The van der Waals surface area contributed by atoms with Gasteiger partial charge in [-0.05, 0) is 29.0 Å². The number of nitrogens with zero attached hydrogens (tertiary/aromatic N) is 1. The van der Waals surface area contributed by atoms with Gasteiger partial charge < -0.3 is 10.6 Å². The first kappa shape index (κ1) is 12.4. The number of pyridine rings is 1. The van der Waals surface area contributed by atoms with Crippen LogP contribution in [0.4, 0.5) is 5.69 Å². The van der Waals surface area contributed by atoms with E-state index in [0.29, 0.717) is 28.3 Å². The molecule has 1 aromatic heterocycles. The van der Waals surface area contributed by atoms with Crippen LogP contribution >= 0.6 is 27.5 Å². The van der Waals surface area contributed by atoms with Crippen molar-refractivity contribution in [3.8, 4) is 0 Å². The van der Waals surface area contributed by atoms with Crippen molar-refractivity contribution >= 4 is 39.1 Å². The van der Waals surface area contributed by atoms with E-state index < -0.39 is 0 Å². The summed E-state index contributed by atoms with van der Waals surface area (Å²) < 4.78 is 0.663. The third-order valence-electron chi connectivity index (χ3n) is 1.68. The van der Waals surface area contributed by atoms with Crippen LogP contribution in [0.3, 0.4) is 0 Å². The minimum Gasteiger partial charge on any atom is -0.325 e. The van der Waals surface area contributed by atoms with Gasteiger partial charge in [0.1, 0.15) is 5.15 Å². The van der Waals surface area contributed by atoms with Crippen molar-refractivity contribution in [1.82, 2.24) is 10.3 Å². The SMILES string of the molecule is CNCCC(=O)Nc1cnc(Cl)c(Br)c1. The molecular formula is C9H11BrClN3O. The van der Waals surface area contributed by atoms with E-state index >= 15 is 0 Å². The Balaban J connectivity index is 2.57. The molecule has 0 aliphatic heterocycles. The van der Waals surface area contributed by atoms with E-state index in [9.17, 15) is 4.79 Å². The summed E-state index contributed by atoms with van der Waals surface area (Å²) in [5, 5.41) is 5.99. The molecule has 1 heterocycles. The largest absolute Gasteiger partial charge is 0.325 e. The van der Waals surface area contributed by atoms with Crippen LogP contribution < -0.4 is 10.6 Å². The van der Waals surface area contributed by atoms with Crippen LogP contribution in [-0.4, -0.2) is 24.5 Å². The molecule has 0 fully saturated rings. The first-order valence-electron chi connectivity index (χ1n) is 4.39. The van der Waals surface area contributed by atoms with Gasteiger partial charge in [-0.1, -0.05) is 11.6 Å². The second-order valence-electron chi connectivity index (χ2n) is 2.90. The van der Waals surface area contributed by atoms with Gasteiger partial charge in [-0.15, -0.1) is 0 Å². The molecule has 82 valence electrons. The van der Waals surface area contributed by atoms with Crippen molar-refractivity contribution in [2.24, 2.45) is 0 Å². The Morgan fingerprint density at radius 1 is 1.67 bits per heavy atom. The third kappa shape index (κ3) is 4.15. The van der Waals surface area contributed by atoms with E-state index in [4.69, 9.17) is 11.6 Å². The average Bonchev–Trinajstić information content (AvgIpc) is 2.20. The molecule has 0 spiro atoms. The van der Waals surface area contributed by atoms with E-state index in [-0.39, 0.29) is 5.91 Å². The Labute approximate surface area is 102 Å². The molecule has 1 rings (SSSR count). The maximum Gasteiger partial charge on any atom is 0.225 e. The van der Waals surface area contributed by atoms with Crippen LogP contribution in [0.1, 0.15) is 6.42 Å². The number of rotatable bonds is 4. The van der Waals surface area contributed by atoms with Gasteiger partial charge in [0.2, 0.25) is 5.91 Å². The number of hydrogen-bond acceptors (Lipinski definition) is 3. The molecule has 0 radical (unpaired) electrons. The zero-order valence-electron chi connectivity index (χ0n) is 8.18. The molecule has 0 saturated heterocycles. The van der Waals surface area contributed by atoms with Gasteiger partial charge >= 0.3 is 0 Å². The maximum absolute atomic E-state index is 11.3. The molecule has 0 aromatic carbocycles. The van der Waals surface area contributed by atoms with Crippen molar-refractivity contribution in [2.45, 2.75) is 6.42 Å². The second kappa shape index (κ2) is 6.05. The molecule has 0 saturated carbocycles. The van der Waals surface area contributed by atoms with E-state index in [2.05, 4.69) is 31.5 Å². The number of halogens is 2. The summed E-state index contributed by atoms with van der Waals surface area (Å²) >= 11 is 8.95. The Morgan fingerprint density at radius 2 is 2.40 bits per heavy atom. The van der Waals surface area contributed by atoms with E-state index in [0.717, 1.165) is 0 Å². The number of carbonyl (C=O) groups is 1. The maximum atomic E-state index is 11.3. The van der Waals surface area contributed by atoms with Gasteiger partial charge in [0, 0.05) is 13.0 Å². The normalized spacial score (nSPS) is 10.1. The first-order valence-corrected chi connectivity index (χ1v) is 5.56. The molecule has 0 bridgehead atoms. The summed E-state index contributed by atoms with van der Waals surface area (Å²) in [6.45, 7) is 0.647. The number of aromatic nitrogens is 1. The number of nitrogens with one attached hydrogen (secondary N) is 2. The predicted octanol–water partition coefficient (Wildman–Crippen LogP) is 2.05. The van der Waals surface area contributed by atoms with Crippen molar-refractivity contribution < 1.29 is 4.79 Å². The molecule has 1 amide bonds. The molecule has 15 heavy (non-hydrogen) atoms. The first-order chi connectivity index (χ1) is 7.13. The smallest absolute Gasteiger partial charge is 0.225 e. The van der Waals surface area contributed by atoms with Crippen molar-refractivity contribution in [1.29, 1.82) is 0 Å². The fraction of sp³-hybridized carbons (Fsp3) is 0.333. The topological polar surface area (TPSA) is 54.0 Å². The van der Waals surface area contributed by atoms with Gasteiger partial charge in [-0.2, -0.15) is 0 Å². The minimum absolute atomic E-state index is 0.0552. The van der Waals surface area contributed by atoms with Crippen LogP contribution in [0.25, 0.3) is 0 Å². The molecule has 6 heteroatoms. The van der Waals surface area contributed by atoms with Gasteiger partial charge in [-0.3, -0.25) is 4.79 Å². The molecule has 0 atom stereocenters. The second-order valence-corrected chi connectivity index (χ2v) is 4.11. The summed E-state index contributed by atoms with van der Waals surface area (Å²) in [6, 6.07) is 1.71. The summed E-state index contributed by atoms with van der Waals surface area (Å²) in [7, 11) is 1.80. The number of carbonyl (C=O) groups excluding carboxylic acids is 1. The number of hydrogen-bond donors (Lipinski definition) is 2. The van der Waals surface area contributed by atoms with Crippen LogP contribution in [0, 0.1) is 0 Å². The Bertz CT molecular complexity index is 359. The summed E-state index contributed by atoms with van der Waals surface area (Å²) in [5.74, 6) is -0.0552. The zero-order chi connectivity index (χ0) is 11.3. The third-order valence-corrected chi connectivity index (χ3v) is 2.82. The number of anilines is 1. The molecule has 0 unspecified atom stereocenters. The Morgan fingerprint density at radius 3 is 3.00 bits per heavy atom. The fourth-order valence-corrected chi connectivity index (χ4v) is 1.40. The van der Waals surface area contributed by atoms with Crippen molar-refractivity contribution in [3.63, 3.8) is 0 Å². The quantitative estimate of drug-likeness (QED) is 0.835. The standard InChI is InChI=1S/C9H11BrClN3O/c1-12-3-2-8(15)14-6-4-7(10)9(11)13-5-6/h4-5,12H,2-3H2,1H3,(H,14,15). The van der Waals surface area contributed by atoms with Crippen molar-refractivity contribution in [2.75, 3.05) is 18.9 Å². The summed E-state index contributed by atoms with van der Waals surface area (Å²) in [4.78, 5) is 15.2. The predicted molar refractivity (Wildman–Crippen MR) is 64.1 cm³/mol. The summed E-state index contributed by atoms with van der Waals surface area (Å²) in [5.41, 5.74) is 0.632. The minimum atomic E-state index is -0.0552. The van der Waals surface area contributed by atoms with E-state index in [1.807, 2.05) is 0 Å². The lowest BCUT2D eigenvalue weighted by Gasteiger charge is -2.05. The zero-order valence-corrected chi connectivity index (χ0v) is 10.5. The van der Waals surface area contributed by atoms with E-state index in [1.54, 1.807) is 13.1 Å². The van der Waals surface area contributed by atoms with Gasteiger partial charge in [-0.25, -0.2) is 4.98 Å². The molecule has 1 aromatic rings. The lowest BCUT2D eigenvalue weighted by atomic mass is 10.3. The Kier molecular flexibility index (Phi) is 5.01. The van der Waals surface area contributed by atoms with Gasteiger partial charge in [0.25, 0.3) is 0 Å². The van der Waals surface area contributed by atoms with Crippen LogP contribution in [0.15, 0.2) is 16.7 Å². The molecule has 0 aliphatic carbocycles. The van der Waals surface area contributed by atoms with Gasteiger partial charge in [0.05, 0.1) is 16.4 Å². The van der Waals surface area contributed by atoms with Crippen molar-refractivity contribution in [3.05, 3.63) is 21.9 Å². The fourth-order valence-electron chi connectivity index (χ4n) is 0.952.